The summed E-state index contributed by atoms with van der Waals surface area (Å²) in [5, 5.41) is 0. The summed E-state index contributed by atoms with van der Waals surface area (Å²) in [6.07, 6.45) is -0.362. The number of ether oxygens (including phenoxy) is 3. The number of nitrogens with one attached hydrogen (secondary N) is 1. The van der Waals surface area contributed by atoms with E-state index in [1.807, 2.05) is 52.0 Å². The van der Waals surface area contributed by atoms with E-state index in [2.05, 4.69) is 5.43 Å². The molecule has 5 heteroatoms. The van der Waals surface area contributed by atoms with Gasteiger partial charge in [0.25, 0.3) is 0 Å². The Hall–Kier alpha value is -1.14. The molecule has 0 aliphatic rings. The molecule has 1 aromatic rings. The minimum atomic E-state index is -0.452. The monoisotopic (exact) mass is 282 g/mol. The summed E-state index contributed by atoms with van der Waals surface area (Å²) in [5.74, 6) is 6.49. The second-order valence-electron chi connectivity index (χ2n) is 4.63. The number of benzene rings is 1. The van der Waals surface area contributed by atoms with Crippen LogP contribution in [0.3, 0.4) is 0 Å². The van der Waals surface area contributed by atoms with Crippen LogP contribution in [0.15, 0.2) is 24.3 Å². The van der Waals surface area contributed by atoms with Crippen LogP contribution in [-0.2, 0) is 9.47 Å². The summed E-state index contributed by atoms with van der Waals surface area (Å²) in [6.45, 7) is 8.94. The summed E-state index contributed by atoms with van der Waals surface area (Å²) in [4.78, 5) is 0. The highest BCUT2D eigenvalue weighted by Crippen LogP contribution is 2.29. The van der Waals surface area contributed by atoms with Crippen LogP contribution in [-0.4, -0.2) is 25.6 Å². The fourth-order valence-electron chi connectivity index (χ4n) is 1.98. The van der Waals surface area contributed by atoms with Gasteiger partial charge in [-0.1, -0.05) is 18.2 Å². The van der Waals surface area contributed by atoms with E-state index < -0.39 is 6.29 Å². The standard InChI is InChI=1S/C15H26N2O3/c1-5-18-15(19-6-2)14(17-16)12-9-7-8-10-13(12)20-11(3)4/h7-11,14-15,17H,5-6,16H2,1-4H3. The third-order valence-electron chi connectivity index (χ3n) is 2.73. The van der Waals surface area contributed by atoms with Crippen LogP contribution in [0.1, 0.15) is 39.3 Å². The lowest BCUT2D eigenvalue weighted by molar-refractivity contribution is -0.155. The summed E-state index contributed by atoms with van der Waals surface area (Å²) in [7, 11) is 0. The lowest BCUT2D eigenvalue weighted by Gasteiger charge is -2.28. The van der Waals surface area contributed by atoms with E-state index in [0.29, 0.717) is 13.2 Å². The minimum absolute atomic E-state index is 0.0900. The van der Waals surface area contributed by atoms with Gasteiger partial charge in [-0.05, 0) is 33.8 Å². The molecule has 0 aliphatic heterocycles. The zero-order chi connectivity index (χ0) is 15.0. The Kier molecular flexibility index (Phi) is 7.54. The lowest BCUT2D eigenvalue weighted by Crippen LogP contribution is -2.40. The second kappa shape index (κ2) is 8.92. The largest absolute Gasteiger partial charge is 0.491 e. The van der Waals surface area contributed by atoms with Crippen LogP contribution in [0.2, 0.25) is 0 Å². The highest BCUT2D eigenvalue weighted by Gasteiger charge is 2.26. The Morgan fingerprint density at radius 2 is 1.70 bits per heavy atom. The van der Waals surface area contributed by atoms with Crippen LogP contribution in [0.5, 0.6) is 5.75 Å². The van der Waals surface area contributed by atoms with E-state index in [1.165, 1.54) is 0 Å². The molecular weight excluding hydrogens is 256 g/mol. The number of rotatable bonds is 9. The fourth-order valence-corrected chi connectivity index (χ4v) is 1.98. The first-order chi connectivity index (χ1) is 9.63. The zero-order valence-electron chi connectivity index (χ0n) is 12.8. The van der Waals surface area contributed by atoms with Gasteiger partial charge in [0.05, 0.1) is 6.10 Å². The first-order valence-electron chi connectivity index (χ1n) is 7.08. The van der Waals surface area contributed by atoms with Crippen LogP contribution in [0.4, 0.5) is 0 Å². The SMILES string of the molecule is CCOC(OCC)C(NN)c1ccccc1OC(C)C. The molecule has 0 fully saturated rings. The molecule has 0 saturated heterocycles. The average molecular weight is 282 g/mol. The lowest BCUT2D eigenvalue weighted by atomic mass is 10.1. The molecule has 1 aromatic carbocycles. The normalized spacial score (nSPS) is 12.9. The van der Waals surface area contributed by atoms with E-state index in [1.54, 1.807) is 0 Å². The number of hydrogen-bond donors (Lipinski definition) is 2. The summed E-state index contributed by atoms with van der Waals surface area (Å²) in [5.41, 5.74) is 3.70. The fraction of sp³-hybridized carbons (Fsp3) is 0.600. The molecule has 0 heterocycles. The van der Waals surface area contributed by atoms with Gasteiger partial charge in [-0.25, -0.2) is 5.43 Å². The van der Waals surface area contributed by atoms with Crippen molar-refractivity contribution in [3.63, 3.8) is 0 Å². The molecule has 0 spiro atoms. The molecule has 1 atom stereocenters. The molecule has 0 aromatic heterocycles. The summed E-state index contributed by atoms with van der Waals surface area (Å²) >= 11 is 0. The topological polar surface area (TPSA) is 65.7 Å². The minimum Gasteiger partial charge on any atom is -0.491 e. The van der Waals surface area contributed by atoms with Crippen molar-refractivity contribution < 1.29 is 14.2 Å². The van der Waals surface area contributed by atoms with Gasteiger partial charge in [-0.3, -0.25) is 5.84 Å². The van der Waals surface area contributed by atoms with E-state index in [0.717, 1.165) is 11.3 Å². The predicted octanol–water partition coefficient (Wildman–Crippen LogP) is 2.38. The molecule has 0 amide bonds. The van der Waals surface area contributed by atoms with Crippen LogP contribution in [0, 0.1) is 0 Å². The van der Waals surface area contributed by atoms with E-state index >= 15 is 0 Å². The number of hydrazine groups is 1. The number of nitrogens with two attached hydrogens (primary N) is 1. The first-order valence-corrected chi connectivity index (χ1v) is 7.08. The summed E-state index contributed by atoms with van der Waals surface area (Å²) in [6, 6.07) is 7.49. The third kappa shape index (κ3) is 4.76. The second-order valence-corrected chi connectivity index (χ2v) is 4.63. The van der Waals surface area contributed by atoms with Gasteiger partial charge in [-0.2, -0.15) is 0 Å². The Bertz CT molecular complexity index is 379. The number of hydrogen-bond acceptors (Lipinski definition) is 5. The van der Waals surface area contributed by atoms with Crippen molar-refractivity contribution in [3.8, 4) is 5.75 Å². The maximum Gasteiger partial charge on any atom is 0.178 e. The Labute approximate surface area is 121 Å². The van der Waals surface area contributed by atoms with Crippen molar-refractivity contribution in [3.05, 3.63) is 29.8 Å². The maximum atomic E-state index is 5.83. The van der Waals surface area contributed by atoms with Gasteiger partial charge in [0.15, 0.2) is 6.29 Å². The van der Waals surface area contributed by atoms with Gasteiger partial charge < -0.3 is 14.2 Å². The van der Waals surface area contributed by atoms with Crippen molar-refractivity contribution in [2.45, 2.75) is 46.1 Å². The van der Waals surface area contributed by atoms with E-state index in [9.17, 15) is 0 Å². The van der Waals surface area contributed by atoms with Gasteiger partial charge in [0.1, 0.15) is 11.8 Å². The predicted molar refractivity (Wildman–Crippen MR) is 79.3 cm³/mol. The van der Waals surface area contributed by atoms with Crippen molar-refractivity contribution in [1.29, 1.82) is 0 Å². The van der Waals surface area contributed by atoms with Gasteiger partial charge in [0.2, 0.25) is 0 Å². The molecule has 3 N–H and O–H groups in total. The Morgan fingerprint density at radius 3 is 2.20 bits per heavy atom. The zero-order valence-corrected chi connectivity index (χ0v) is 12.8. The molecular formula is C15H26N2O3. The Morgan fingerprint density at radius 1 is 1.10 bits per heavy atom. The molecule has 5 nitrogen and oxygen atoms in total. The van der Waals surface area contributed by atoms with Crippen molar-refractivity contribution in [1.82, 2.24) is 5.43 Å². The van der Waals surface area contributed by atoms with Gasteiger partial charge >= 0.3 is 0 Å². The number of para-hydroxylation sites is 1. The van der Waals surface area contributed by atoms with Crippen LogP contribution < -0.4 is 16.0 Å². The molecule has 20 heavy (non-hydrogen) atoms. The highest BCUT2D eigenvalue weighted by molar-refractivity contribution is 5.36. The smallest absolute Gasteiger partial charge is 0.178 e. The van der Waals surface area contributed by atoms with Crippen molar-refractivity contribution in [2.24, 2.45) is 5.84 Å². The highest BCUT2D eigenvalue weighted by atomic mass is 16.7. The molecule has 0 saturated carbocycles. The van der Waals surface area contributed by atoms with E-state index in [-0.39, 0.29) is 12.1 Å². The van der Waals surface area contributed by atoms with E-state index in [4.69, 9.17) is 20.1 Å². The molecule has 0 aliphatic carbocycles. The van der Waals surface area contributed by atoms with Crippen molar-refractivity contribution >= 4 is 0 Å². The van der Waals surface area contributed by atoms with Crippen LogP contribution >= 0.6 is 0 Å². The van der Waals surface area contributed by atoms with Crippen molar-refractivity contribution in [2.75, 3.05) is 13.2 Å². The Balaban J connectivity index is 3.03. The van der Waals surface area contributed by atoms with Crippen LogP contribution in [0.25, 0.3) is 0 Å². The average Bonchev–Trinajstić information content (AvgIpc) is 2.41. The molecule has 1 unspecified atom stereocenters. The molecule has 0 radical (unpaired) electrons. The first kappa shape index (κ1) is 16.9. The quantitative estimate of drug-likeness (QED) is 0.413. The summed E-state index contributed by atoms with van der Waals surface area (Å²) < 4.78 is 17.1. The van der Waals surface area contributed by atoms with Gasteiger partial charge in [-0.15, -0.1) is 0 Å². The molecule has 0 bridgehead atoms. The molecule has 114 valence electrons. The molecule has 1 rings (SSSR count). The third-order valence-corrected chi connectivity index (χ3v) is 2.73. The maximum absolute atomic E-state index is 5.83. The van der Waals surface area contributed by atoms with Gasteiger partial charge in [0, 0.05) is 18.8 Å².